The minimum absolute atomic E-state index is 0.184. The molecule has 1 nitrogen and oxygen atoms in total. The van der Waals surface area contributed by atoms with Crippen molar-refractivity contribution in [1.82, 2.24) is 0 Å². The van der Waals surface area contributed by atoms with Crippen LogP contribution in [0.4, 0.5) is 0 Å². The highest BCUT2D eigenvalue weighted by Gasteiger charge is 2.13. The van der Waals surface area contributed by atoms with E-state index in [1.54, 1.807) is 7.11 Å². The van der Waals surface area contributed by atoms with Crippen molar-refractivity contribution in [1.29, 1.82) is 0 Å². The van der Waals surface area contributed by atoms with Crippen LogP contribution < -0.4 is 4.74 Å². The van der Waals surface area contributed by atoms with Gasteiger partial charge in [-0.05, 0) is 23.3 Å². The lowest BCUT2D eigenvalue weighted by atomic mass is 10.0. The molecule has 0 aliphatic rings. The SMILES string of the molecule is COc1ccc(C(Br)c2ccccc2)c(Br)c1. The summed E-state index contributed by atoms with van der Waals surface area (Å²) in [6, 6.07) is 16.3. The Hall–Kier alpha value is -0.800. The quantitative estimate of drug-likeness (QED) is 0.708. The molecule has 0 amide bonds. The molecule has 0 fully saturated rings. The maximum atomic E-state index is 5.19. The van der Waals surface area contributed by atoms with Gasteiger partial charge in [0.2, 0.25) is 0 Å². The number of alkyl halides is 1. The number of hydrogen-bond acceptors (Lipinski definition) is 1. The van der Waals surface area contributed by atoms with E-state index in [0.717, 1.165) is 10.2 Å². The van der Waals surface area contributed by atoms with Crippen LogP contribution in [0.2, 0.25) is 0 Å². The zero-order valence-corrected chi connectivity index (χ0v) is 12.5. The number of rotatable bonds is 3. The van der Waals surface area contributed by atoms with E-state index in [4.69, 9.17) is 4.74 Å². The minimum Gasteiger partial charge on any atom is -0.497 e. The van der Waals surface area contributed by atoms with Crippen LogP contribution in [0, 0.1) is 0 Å². The average molecular weight is 356 g/mol. The highest BCUT2D eigenvalue weighted by molar-refractivity contribution is 9.11. The van der Waals surface area contributed by atoms with Crippen LogP contribution in [0.5, 0.6) is 5.75 Å². The van der Waals surface area contributed by atoms with Crippen molar-refractivity contribution in [3.8, 4) is 5.75 Å². The van der Waals surface area contributed by atoms with Gasteiger partial charge in [-0.2, -0.15) is 0 Å². The molecule has 88 valence electrons. The lowest BCUT2D eigenvalue weighted by Gasteiger charge is -2.13. The Labute approximate surface area is 118 Å². The van der Waals surface area contributed by atoms with Crippen molar-refractivity contribution in [3.05, 3.63) is 64.1 Å². The second kappa shape index (κ2) is 5.69. The van der Waals surface area contributed by atoms with Gasteiger partial charge in [-0.15, -0.1) is 0 Å². The molecule has 0 heterocycles. The summed E-state index contributed by atoms with van der Waals surface area (Å²) in [5.74, 6) is 0.855. The molecule has 0 aliphatic carbocycles. The molecule has 0 aliphatic heterocycles. The molecule has 1 unspecified atom stereocenters. The van der Waals surface area contributed by atoms with Gasteiger partial charge >= 0.3 is 0 Å². The smallest absolute Gasteiger partial charge is 0.120 e. The van der Waals surface area contributed by atoms with Crippen LogP contribution in [0.1, 0.15) is 16.0 Å². The molecule has 17 heavy (non-hydrogen) atoms. The Morgan fingerprint density at radius 2 is 1.76 bits per heavy atom. The second-order valence-electron chi connectivity index (χ2n) is 3.66. The summed E-state index contributed by atoms with van der Waals surface area (Å²) < 4.78 is 6.23. The third-order valence-corrected chi connectivity index (χ3v) is 4.28. The van der Waals surface area contributed by atoms with Gasteiger partial charge in [-0.1, -0.05) is 68.3 Å². The van der Waals surface area contributed by atoms with E-state index in [2.05, 4.69) is 50.1 Å². The molecule has 0 aromatic heterocycles. The van der Waals surface area contributed by atoms with Crippen LogP contribution in [-0.2, 0) is 0 Å². The van der Waals surface area contributed by atoms with E-state index in [9.17, 15) is 0 Å². The van der Waals surface area contributed by atoms with E-state index in [1.165, 1.54) is 11.1 Å². The second-order valence-corrected chi connectivity index (χ2v) is 5.43. The van der Waals surface area contributed by atoms with Crippen molar-refractivity contribution in [2.45, 2.75) is 4.83 Å². The highest BCUT2D eigenvalue weighted by atomic mass is 79.9. The Morgan fingerprint density at radius 3 is 2.35 bits per heavy atom. The first-order valence-electron chi connectivity index (χ1n) is 5.25. The molecule has 1 atom stereocenters. The van der Waals surface area contributed by atoms with Crippen molar-refractivity contribution in [2.75, 3.05) is 7.11 Å². The van der Waals surface area contributed by atoms with E-state index in [0.29, 0.717) is 0 Å². The standard InChI is InChI=1S/C14H12Br2O/c1-17-11-7-8-12(13(15)9-11)14(16)10-5-3-2-4-6-10/h2-9,14H,1H3. The maximum absolute atomic E-state index is 5.19. The molecule has 0 radical (unpaired) electrons. The zero-order valence-electron chi connectivity index (χ0n) is 9.36. The first-order chi connectivity index (χ1) is 8.22. The molecule has 0 N–H and O–H groups in total. The third-order valence-electron chi connectivity index (χ3n) is 2.57. The first-order valence-corrected chi connectivity index (χ1v) is 6.95. The zero-order chi connectivity index (χ0) is 12.3. The van der Waals surface area contributed by atoms with Gasteiger partial charge < -0.3 is 4.74 Å². The van der Waals surface area contributed by atoms with E-state index >= 15 is 0 Å². The molecule has 2 aromatic carbocycles. The highest BCUT2D eigenvalue weighted by Crippen LogP contribution is 2.36. The fourth-order valence-corrected chi connectivity index (χ4v) is 3.24. The number of hydrogen-bond donors (Lipinski definition) is 0. The Bertz CT molecular complexity index is 497. The van der Waals surface area contributed by atoms with Gasteiger partial charge in [0, 0.05) is 4.47 Å². The summed E-state index contributed by atoms with van der Waals surface area (Å²) in [5, 5.41) is 0. The molecule has 2 rings (SSSR count). The summed E-state index contributed by atoms with van der Waals surface area (Å²) in [5.41, 5.74) is 2.43. The van der Waals surface area contributed by atoms with E-state index < -0.39 is 0 Å². The summed E-state index contributed by atoms with van der Waals surface area (Å²) >= 11 is 7.30. The van der Waals surface area contributed by atoms with Crippen LogP contribution >= 0.6 is 31.9 Å². The van der Waals surface area contributed by atoms with Crippen LogP contribution in [0.25, 0.3) is 0 Å². The van der Waals surface area contributed by atoms with E-state index in [1.807, 2.05) is 30.3 Å². The normalized spacial score (nSPS) is 12.2. The third kappa shape index (κ3) is 2.90. The first kappa shape index (κ1) is 12.7. The van der Waals surface area contributed by atoms with Gasteiger partial charge in [0.05, 0.1) is 11.9 Å². The number of benzene rings is 2. The van der Waals surface area contributed by atoms with E-state index in [-0.39, 0.29) is 4.83 Å². The predicted molar refractivity (Wildman–Crippen MR) is 77.9 cm³/mol. The van der Waals surface area contributed by atoms with Gasteiger partial charge in [-0.25, -0.2) is 0 Å². The van der Waals surface area contributed by atoms with Gasteiger partial charge in [0.25, 0.3) is 0 Å². The molecular weight excluding hydrogens is 344 g/mol. The largest absolute Gasteiger partial charge is 0.497 e. The fourth-order valence-electron chi connectivity index (χ4n) is 1.64. The maximum Gasteiger partial charge on any atom is 0.120 e. The average Bonchev–Trinajstić information content (AvgIpc) is 2.39. The number of ether oxygens (including phenoxy) is 1. The van der Waals surface area contributed by atoms with Crippen molar-refractivity contribution >= 4 is 31.9 Å². The number of methoxy groups -OCH3 is 1. The lowest BCUT2D eigenvalue weighted by molar-refractivity contribution is 0.414. The lowest BCUT2D eigenvalue weighted by Crippen LogP contribution is -1.94. The number of halogens is 2. The summed E-state index contributed by atoms with van der Waals surface area (Å²) in [7, 11) is 1.67. The molecule has 0 bridgehead atoms. The Morgan fingerprint density at radius 1 is 1.06 bits per heavy atom. The van der Waals surface area contributed by atoms with Crippen molar-refractivity contribution < 1.29 is 4.74 Å². The van der Waals surface area contributed by atoms with Crippen LogP contribution in [0.15, 0.2) is 53.0 Å². The summed E-state index contributed by atoms with van der Waals surface area (Å²) in [6.45, 7) is 0. The topological polar surface area (TPSA) is 9.23 Å². The van der Waals surface area contributed by atoms with Gasteiger partial charge in [0.15, 0.2) is 0 Å². The molecule has 0 saturated heterocycles. The molecule has 3 heteroatoms. The predicted octanol–water partition coefficient (Wildman–Crippen LogP) is 4.94. The van der Waals surface area contributed by atoms with Gasteiger partial charge in [0.1, 0.15) is 5.75 Å². The van der Waals surface area contributed by atoms with Gasteiger partial charge in [-0.3, -0.25) is 0 Å². The van der Waals surface area contributed by atoms with Crippen molar-refractivity contribution in [2.24, 2.45) is 0 Å². The minimum atomic E-state index is 0.184. The summed E-state index contributed by atoms with van der Waals surface area (Å²) in [4.78, 5) is 0.184. The monoisotopic (exact) mass is 354 g/mol. The van der Waals surface area contributed by atoms with Crippen LogP contribution in [0.3, 0.4) is 0 Å². The molecule has 2 aromatic rings. The molecule has 0 saturated carbocycles. The summed E-state index contributed by atoms with van der Waals surface area (Å²) in [6.07, 6.45) is 0. The molecule has 0 spiro atoms. The fraction of sp³-hybridized carbons (Fsp3) is 0.143. The van der Waals surface area contributed by atoms with Crippen molar-refractivity contribution in [3.63, 3.8) is 0 Å². The Kier molecular flexibility index (Phi) is 4.24. The molecular formula is C14H12Br2O. The van der Waals surface area contributed by atoms with Crippen LogP contribution in [-0.4, -0.2) is 7.11 Å². The Balaban J connectivity index is 2.34.